The number of nitrogen functional groups attached to an aromatic ring is 1. The maximum absolute atomic E-state index is 5.95. The molecule has 0 saturated carbocycles. The van der Waals surface area contributed by atoms with Gasteiger partial charge in [0.15, 0.2) is 5.82 Å². The van der Waals surface area contributed by atoms with E-state index in [0.29, 0.717) is 26.9 Å². The quantitative estimate of drug-likeness (QED) is 0.668. The van der Waals surface area contributed by atoms with Gasteiger partial charge in [0, 0.05) is 5.02 Å². The number of rotatable bonds is 3. The average molecular weight is 330 g/mol. The third-order valence-corrected chi connectivity index (χ3v) is 3.38. The third-order valence-electron chi connectivity index (χ3n) is 2.24. The van der Waals surface area contributed by atoms with Gasteiger partial charge in [-0.05, 0) is 46.6 Å². The number of halogens is 2. The van der Waals surface area contributed by atoms with E-state index in [1.807, 2.05) is 13.0 Å². The van der Waals surface area contributed by atoms with Gasteiger partial charge in [0.05, 0.1) is 0 Å². The molecule has 0 aliphatic heterocycles. The zero-order valence-corrected chi connectivity index (χ0v) is 11.8. The number of hydrogen-bond donors (Lipinski definition) is 2. The van der Waals surface area contributed by atoms with Crippen molar-refractivity contribution in [2.75, 3.05) is 5.43 Å². The molecule has 18 heavy (non-hydrogen) atoms. The normalized spacial score (nSPS) is 10.2. The van der Waals surface area contributed by atoms with Gasteiger partial charge in [-0.2, -0.15) is 0 Å². The molecule has 0 spiro atoms. The predicted octanol–water partition coefficient (Wildman–Crippen LogP) is 3.28. The van der Waals surface area contributed by atoms with Gasteiger partial charge in [-0.3, -0.25) is 0 Å². The van der Waals surface area contributed by atoms with Crippen LogP contribution in [0.4, 0.5) is 5.82 Å². The zero-order valence-electron chi connectivity index (χ0n) is 9.45. The summed E-state index contributed by atoms with van der Waals surface area (Å²) in [6, 6.07) is 5.36. The molecule has 0 atom stereocenters. The number of ether oxygens (including phenoxy) is 1. The van der Waals surface area contributed by atoms with Crippen LogP contribution in [0.2, 0.25) is 5.02 Å². The second-order valence-electron chi connectivity index (χ2n) is 3.50. The number of nitrogens with two attached hydrogens (primary N) is 1. The maximum atomic E-state index is 5.95. The fourth-order valence-corrected chi connectivity index (χ4v) is 1.84. The van der Waals surface area contributed by atoms with Crippen molar-refractivity contribution in [1.82, 2.24) is 9.97 Å². The van der Waals surface area contributed by atoms with Crippen molar-refractivity contribution < 1.29 is 4.74 Å². The molecular weight excluding hydrogens is 320 g/mol. The van der Waals surface area contributed by atoms with Gasteiger partial charge in [-0.25, -0.2) is 15.8 Å². The molecule has 2 rings (SSSR count). The van der Waals surface area contributed by atoms with Crippen molar-refractivity contribution in [3.05, 3.63) is 39.6 Å². The van der Waals surface area contributed by atoms with Gasteiger partial charge >= 0.3 is 0 Å². The molecule has 0 bridgehead atoms. The van der Waals surface area contributed by atoms with E-state index in [2.05, 4.69) is 31.3 Å². The largest absolute Gasteiger partial charge is 0.438 e. The van der Waals surface area contributed by atoms with Crippen molar-refractivity contribution in [1.29, 1.82) is 0 Å². The van der Waals surface area contributed by atoms with E-state index >= 15 is 0 Å². The monoisotopic (exact) mass is 328 g/mol. The lowest BCUT2D eigenvalue weighted by Gasteiger charge is -2.09. The number of nitrogens with zero attached hydrogens (tertiary/aromatic N) is 2. The molecule has 1 aromatic heterocycles. The molecule has 1 heterocycles. The predicted molar refractivity (Wildman–Crippen MR) is 73.8 cm³/mol. The minimum Gasteiger partial charge on any atom is -0.438 e. The lowest BCUT2D eigenvalue weighted by atomic mass is 10.2. The lowest BCUT2D eigenvalue weighted by Crippen LogP contribution is -2.09. The number of aryl methyl sites for hydroxylation is 1. The minimum absolute atomic E-state index is 0.375. The summed E-state index contributed by atoms with van der Waals surface area (Å²) in [5.74, 6) is 6.78. The Morgan fingerprint density at radius 2 is 2.17 bits per heavy atom. The highest BCUT2D eigenvalue weighted by Gasteiger charge is 2.10. The smallest absolute Gasteiger partial charge is 0.238 e. The SMILES string of the molecule is Cc1cc(Oc2ncnc(NN)c2Br)ccc1Cl. The van der Waals surface area contributed by atoms with E-state index < -0.39 is 0 Å². The first-order valence-corrected chi connectivity index (χ1v) is 6.20. The lowest BCUT2D eigenvalue weighted by molar-refractivity contribution is 0.458. The maximum Gasteiger partial charge on any atom is 0.238 e. The van der Waals surface area contributed by atoms with Gasteiger partial charge < -0.3 is 10.2 Å². The molecule has 0 saturated heterocycles. The molecular formula is C11H10BrClN4O. The van der Waals surface area contributed by atoms with Crippen LogP contribution in [0.25, 0.3) is 0 Å². The van der Waals surface area contributed by atoms with Crippen LogP contribution in [-0.2, 0) is 0 Å². The van der Waals surface area contributed by atoms with Crippen molar-refractivity contribution in [3.63, 3.8) is 0 Å². The van der Waals surface area contributed by atoms with Crippen molar-refractivity contribution in [3.8, 4) is 11.6 Å². The Morgan fingerprint density at radius 3 is 2.83 bits per heavy atom. The van der Waals surface area contributed by atoms with Crippen LogP contribution < -0.4 is 16.0 Å². The van der Waals surface area contributed by atoms with Gasteiger partial charge in [0.25, 0.3) is 0 Å². The summed E-state index contributed by atoms with van der Waals surface area (Å²) in [5, 5.41) is 0.688. The molecule has 1 aromatic carbocycles. The molecule has 0 fully saturated rings. The Balaban J connectivity index is 2.31. The Labute approximate surface area is 117 Å². The molecule has 0 unspecified atom stereocenters. The number of hydrazine groups is 1. The first-order valence-electron chi connectivity index (χ1n) is 5.03. The molecule has 0 aliphatic rings. The number of anilines is 1. The highest BCUT2D eigenvalue weighted by molar-refractivity contribution is 9.10. The number of hydrogen-bond acceptors (Lipinski definition) is 5. The summed E-state index contributed by atoms with van der Waals surface area (Å²) in [5.41, 5.74) is 3.37. The van der Waals surface area contributed by atoms with E-state index in [0.717, 1.165) is 5.56 Å². The minimum atomic E-state index is 0.375. The van der Waals surface area contributed by atoms with Crippen LogP contribution in [0.15, 0.2) is 29.0 Å². The highest BCUT2D eigenvalue weighted by atomic mass is 79.9. The van der Waals surface area contributed by atoms with E-state index in [4.69, 9.17) is 22.2 Å². The zero-order chi connectivity index (χ0) is 13.1. The topological polar surface area (TPSA) is 73.1 Å². The van der Waals surface area contributed by atoms with E-state index in [1.54, 1.807) is 12.1 Å². The molecule has 0 amide bonds. The van der Waals surface area contributed by atoms with Crippen molar-refractivity contribution in [2.24, 2.45) is 5.84 Å². The Kier molecular flexibility index (Phi) is 4.00. The van der Waals surface area contributed by atoms with Crippen LogP contribution in [-0.4, -0.2) is 9.97 Å². The Hall–Kier alpha value is -1.37. The van der Waals surface area contributed by atoms with Crippen LogP contribution in [0.5, 0.6) is 11.6 Å². The summed E-state index contributed by atoms with van der Waals surface area (Å²) in [4.78, 5) is 7.96. The number of benzene rings is 1. The first-order chi connectivity index (χ1) is 8.61. The average Bonchev–Trinajstić information content (AvgIpc) is 2.36. The molecule has 0 radical (unpaired) electrons. The van der Waals surface area contributed by atoms with Crippen LogP contribution in [0.1, 0.15) is 5.56 Å². The highest BCUT2D eigenvalue weighted by Crippen LogP contribution is 2.32. The fraction of sp³-hybridized carbons (Fsp3) is 0.0909. The summed E-state index contributed by atoms with van der Waals surface area (Å²) in [6.45, 7) is 1.90. The summed E-state index contributed by atoms with van der Waals surface area (Å²) in [6.07, 6.45) is 1.36. The summed E-state index contributed by atoms with van der Waals surface area (Å²) >= 11 is 9.26. The molecule has 2 aromatic rings. The van der Waals surface area contributed by atoms with Gasteiger partial charge in [0.1, 0.15) is 16.5 Å². The Bertz CT molecular complexity index is 579. The van der Waals surface area contributed by atoms with E-state index in [1.165, 1.54) is 6.33 Å². The molecule has 3 N–H and O–H groups in total. The summed E-state index contributed by atoms with van der Waals surface area (Å²) < 4.78 is 6.19. The number of aromatic nitrogens is 2. The van der Waals surface area contributed by atoms with Crippen LogP contribution in [0, 0.1) is 6.92 Å². The van der Waals surface area contributed by atoms with Crippen molar-refractivity contribution >= 4 is 33.3 Å². The molecule has 5 nitrogen and oxygen atoms in total. The summed E-state index contributed by atoms with van der Waals surface area (Å²) in [7, 11) is 0. The van der Waals surface area contributed by atoms with Crippen LogP contribution >= 0.6 is 27.5 Å². The Morgan fingerprint density at radius 1 is 1.39 bits per heavy atom. The van der Waals surface area contributed by atoms with Gasteiger partial charge in [-0.15, -0.1) is 0 Å². The molecule has 94 valence electrons. The molecule has 0 aliphatic carbocycles. The second-order valence-corrected chi connectivity index (χ2v) is 4.70. The van der Waals surface area contributed by atoms with Crippen LogP contribution in [0.3, 0.4) is 0 Å². The third kappa shape index (κ3) is 2.72. The van der Waals surface area contributed by atoms with E-state index in [-0.39, 0.29) is 0 Å². The van der Waals surface area contributed by atoms with Gasteiger partial charge in [0.2, 0.25) is 5.88 Å². The fourth-order valence-electron chi connectivity index (χ4n) is 1.32. The number of nitrogens with one attached hydrogen (secondary N) is 1. The second kappa shape index (κ2) is 5.51. The van der Waals surface area contributed by atoms with Gasteiger partial charge in [-0.1, -0.05) is 11.6 Å². The van der Waals surface area contributed by atoms with E-state index in [9.17, 15) is 0 Å². The first kappa shape index (κ1) is 13.1. The standard InChI is InChI=1S/C11H10BrClN4O/c1-6-4-7(2-3-8(6)13)18-11-9(12)10(17-14)15-5-16-11/h2-5H,14H2,1H3,(H,15,16,17). The van der Waals surface area contributed by atoms with Crippen molar-refractivity contribution in [2.45, 2.75) is 6.92 Å². The molecule has 7 heteroatoms.